The van der Waals surface area contributed by atoms with Gasteiger partial charge in [0.25, 0.3) is 17.7 Å². The van der Waals surface area contributed by atoms with Crippen LogP contribution in [0.5, 0.6) is 0 Å². The van der Waals surface area contributed by atoms with E-state index in [1.165, 1.54) is 24.4 Å². The quantitative estimate of drug-likeness (QED) is 0.795. The fourth-order valence-corrected chi connectivity index (χ4v) is 2.48. The van der Waals surface area contributed by atoms with Gasteiger partial charge >= 0.3 is 5.97 Å². The first-order valence-corrected chi connectivity index (χ1v) is 7.41. The van der Waals surface area contributed by atoms with Crippen LogP contribution in [0.2, 0.25) is 0 Å². The molecule has 1 aromatic heterocycles. The maximum atomic E-state index is 12.3. The lowest BCUT2D eigenvalue weighted by Gasteiger charge is -2.11. The van der Waals surface area contributed by atoms with Crippen LogP contribution >= 0.6 is 0 Å². The molecule has 1 aromatic carbocycles. The lowest BCUT2D eigenvalue weighted by molar-refractivity contribution is -0.137. The van der Waals surface area contributed by atoms with Crippen molar-refractivity contribution in [1.82, 2.24) is 9.88 Å². The highest BCUT2D eigenvalue weighted by atomic mass is 16.4. The molecule has 0 saturated heterocycles. The molecular formula is C17H13N3O5. The van der Waals surface area contributed by atoms with Gasteiger partial charge in [0.15, 0.2) is 0 Å². The van der Waals surface area contributed by atoms with Crippen molar-refractivity contribution in [3.8, 4) is 0 Å². The SMILES string of the molecule is O=C(O)CCN1C(=O)c2ccc(NC(=O)c3cccnc3)cc2C1=O. The normalized spacial score (nSPS) is 12.9. The van der Waals surface area contributed by atoms with E-state index >= 15 is 0 Å². The summed E-state index contributed by atoms with van der Waals surface area (Å²) in [5.74, 6) is -2.60. The monoisotopic (exact) mass is 339 g/mol. The number of nitrogens with zero attached hydrogens (tertiary/aromatic N) is 2. The van der Waals surface area contributed by atoms with Crippen molar-refractivity contribution >= 4 is 29.4 Å². The summed E-state index contributed by atoms with van der Waals surface area (Å²) in [4.78, 5) is 52.0. The van der Waals surface area contributed by atoms with Crippen LogP contribution in [0, 0.1) is 0 Å². The van der Waals surface area contributed by atoms with Gasteiger partial charge in [0.05, 0.1) is 23.1 Å². The number of hydrogen-bond acceptors (Lipinski definition) is 5. The molecule has 3 rings (SSSR count). The minimum absolute atomic E-state index is 0.138. The van der Waals surface area contributed by atoms with Crippen molar-refractivity contribution in [3.63, 3.8) is 0 Å². The third kappa shape index (κ3) is 3.23. The second-order valence-corrected chi connectivity index (χ2v) is 5.36. The minimum atomic E-state index is -1.10. The van der Waals surface area contributed by atoms with E-state index in [0.29, 0.717) is 11.3 Å². The van der Waals surface area contributed by atoms with Gasteiger partial charge in [-0.3, -0.25) is 29.1 Å². The second-order valence-electron chi connectivity index (χ2n) is 5.36. The van der Waals surface area contributed by atoms with E-state index in [0.717, 1.165) is 4.90 Å². The molecule has 0 bridgehead atoms. The molecule has 1 aliphatic heterocycles. The number of carbonyl (C=O) groups excluding carboxylic acids is 3. The van der Waals surface area contributed by atoms with E-state index in [4.69, 9.17) is 5.11 Å². The van der Waals surface area contributed by atoms with Gasteiger partial charge in [-0.15, -0.1) is 0 Å². The van der Waals surface area contributed by atoms with Crippen molar-refractivity contribution in [2.75, 3.05) is 11.9 Å². The van der Waals surface area contributed by atoms with Gasteiger partial charge in [-0.25, -0.2) is 0 Å². The van der Waals surface area contributed by atoms with Crippen LogP contribution in [0.15, 0.2) is 42.7 Å². The fourth-order valence-electron chi connectivity index (χ4n) is 2.48. The Morgan fingerprint density at radius 3 is 2.56 bits per heavy atom. The zero-order chi connectivity index (χ0) is 18.0. The van der Waals surface area contributed by atoms with E-state index in [9.17, 15) is 19.2 Å². The number of amides is 3. The summed E-state index contributed by atoms with van der Waals surface area (Å²) in [6.07, 6.45) is 2.63. The zero-order valence-corrected chi connectivity index (χ0v) is 12.9. The molecule has 0 radical (unpaired) electrons. The van der Waals surface area contributed by atoms with Crippen LogP contribution in [0.4, 0.5) is 5.69 Å². The third-order valence-electron chi connectivity index (χ3n) is 3.70. The van der Waals surface area contributed by atoms with Gasteiger partial charge < -0.3 is 10.4 Å². The van der Waals surface area contributed by atoms with Crippen LogP contribution in [-0.2, 0) is 4.79 Å². The maximum Gasteiger partial charge on any atom is 0.305 e. The Hall–Kier alpha value is -3.55. The van der Waals surface area contributed by atoms with Crippen molar-refractivity contribution in [2.24, 2.45) is 0 Å². The number of carboxylic acid groups (broad SMARTS) is 1. The second kappa shape index (κ2) is 6.52. The highest BCUT2D eigenvalue weighted by Gasteiger charge is 2.35. The molecule has 0 atom stereocenters. The maximum absolute atomic E-state index is 12.3. The van der Waals surface area contributed by atoms with Crippen LogP contribution in [0.3, 0.4) is 0 Å². The number of benzene rings is 1. The number of pyridine rings is 1. The Kier molecular flexibility index (Phi) is 4.25. The Morgan fingerprint density at radius 1 is 1.12 bits per heavy atom. The molecule has 8 heteroatoms. The number of fused-ring (bicyclic) bond motifs is 1. The number of aliphatic carboxylic acids is 1. The van der Waals surface area contributed by atoms with E-state index < -0.39 is 23.7 Å². The molecule has 25 heavy (non-hydrogen) atoms. The van der Waals surface area contributed by atoms with Crippen molar-refractivity contribution in [3.05, 3.63) is 59.4 Å². The Bertz CT molecular complexity index is 879. The fraction of sp³-hybridized carbons (Fsp3) is 0.118. The number of aromatic nitrogens is 1. The van der Waals surface area contributed by atoms with E-state index in [2.05, 4.69) is 10.3 Å². The number of carboxylic acids is 1. The smallest absolute Gasteiger partial charge is 0.305 e. The Balaban J connectivity index is 1.80. The van der Waals surface area contributed by atoms with Gasteiger partial charge in [0.2, 0.25) is 0 Å². The van der Waals surface area contributed by atoms with Crippen molar-refractivity contribution in [1.29, 1.82) is 0 Å². The number of nitrogens with one attached hydrogen (secondary N) is 1. The van der Waals surface area contributed by atoms with Crippen LogP contribution in [0.25, 0.3) is 0 Å². The van der Waals surface area contributed by atoms with Gasteiger partial charge in [-0.2, -0.15) is 0 Å². The van der Waals surface area contributed by atoms with E-state index in [-0.39, 0.29) is 24.1 Å². The predicted molar refractivity (Wildman–Crippen MR) is 86.3 cm³/mol. The molecule has 0 unspecified atom stereocenters. The summed E-state index contributed by atoms with van der Waals surface area (Å²) in [6.45, 7) is -0.195. The van der Waals surface area contributed by atoms with Crippen LogP contribution in [-0.4, -0.2) is 45.2 Å². The van der Waals surface area contributed by atoms with E-state index in [1.54, 1.807) is 18.3 Å². The summed E-state index contributed by atoms with van der Waals surface area (Å²) in [7, 11) is 0. The molecule has 1 aliphatic rings. The van der Waals surface area contributed by atoms with E-state index in [1.807, 2.05) is 0 Å². The highest BCUT2D eigenvalue weighted by molar-refractivity contribution is 6.22. The summed E-state index contributed by atoms with van der Waals surface area (Å²) >= 11 is 0. The zero-order valence-electron chi connectivity index (χ0n) is 12.9. The number of anilines is 1. The van der Waals surface area contributed by atoms with Crippen molar-refractivity contribution < 1.29 is 24.3 Å². The first-order chi connectivity index (χ1) is 12.0. The number of imide groups is 1. The topological polar surface area (TPSA) is 117 Å². The molecule has 0 saturated carbocycles. The average molecular weight is 339 g/mol. The summed E-state index contributed by atoms with van der Waals surface area (Å²) in [5.41, 5.74) is 1.04. The number of carbonyl (C=O) groups is 4. The summed E-state index contributed by atoms with van der Waals surface area (Å²) in [5, 5.41) is 11.3. The molecule has 126 valence electrons. The Morgan fingerprint density at radius 2 is 1.88 bits per heavy atom. The third-order valence-corrected chi connectivity index (χ3v) is 3.70. The number of rotatable bonds is 5. The largest absolute Gasteiger partial charge is 0.481 e. The Labute approximate surface area is 142 Å². The molecule has 0 fully saturated rings. The lowest BCUT2D eigenvalue weighted by Crippen LogP contribution is -2.31. The average Bonchev–Trinajstić information content (AvgIpc) is 2.84. The molecule has 2 aromatic rings. The predicted octanol–water partition coefficient (Wildman–Crippen LogP) is 1.40. The van der Waals surface area contributed by atoms with Gasteiger partial charge in [-0.05, 0) is 30.3 Å². The lowest BCUT2D eigenvalue weighted by atomic mass is 10.1. The van der Waals surface area contributed by atoms with Crippen molar-refractivity contribution in [2.45, 2.75) is 6.42 Å². The molecule has 2 heterocycles. The number of hydrogen-bond donors (Lipinski definition) is 2. The van der Waals surface area contributed by atoms with Gasteiger partial charge in [0.1, 0.15) is 0 Å². The van der Waals surface area contributed by atoms with Crippen LogP contribution in [0.1, 0.15) is 37.5 Å². The molecule has 3 amide bonds. The molecule has 8 nitrogen and oxygen atoms in total. The van der Waals surface area contributed by atoms with Gasteiger partial charge in [-0.1, -0.05) is 0 Å². The highest BCUT2D eigenvalue weighted by Crippen LogP contribution is 2.26. The summed E-state index contributed by atoms with van der Waals surface area (Å²) < 4.78 is 0. The summed E-state index contributed by atoms with van der Waals surface area (Å²) in [6, 6.07) is 7.58. The molecular weight excluding hydrogens is 326 g/mol. The van der Waals surface area contributed by atoms with Crippen LogP contribution < -0.4 is 5.32 Å². The standard InChI is InChI=1S/C17H13N3O5/c21-14(22)5-7-20-16(24)12-4-3-11(8-13(12)17(20)25)19-15(23)10-2-1-6-18-9-10/h1-4,6,8-9H,5,7H2,(H,19,23)(H,21,22). The van der Waals surface area contributed by atoms with Gasteiger partial charge in [0, 0.05) is 24.6 Å². The molecule has 2 N–H and O–H groups in total. The first kappa shape index (κ1) is 16.3. The molecule has 0 aliphatic carbocycles. The molecule has 0 spiro atoms. The minimum Gasteiger partial charge on any atom is -0.481 e. The first-order valence-electron chi connectivity index (χ1n) is 7.41.